The molecule has 29 heavy (non-hydrogen) atoms. The first-order valence-corrected chi connectivity index (χ1v) is 13.5. The van der Waals surface area contributed by atoms with Crippen LogP contribution in [0.2, 0.25) is 0 Å². The molecule has 0 aliphatic carbocycles. The lowest BCUT2D eigenvalue weighted by Crippen LogP contribution is -2.26. The molecule has 0 amide bonds. The molecule has 0 unspecified atom stereocenters. The molecule has 0 bridgehead atoms. The summed E-state index contributed by atoms with van der Waals surface area (Å²) in [4.78, 5) is 5.02. The van der Waals surface area contributed by atoms with Gasteiger partial charge in [0, 0.05) is 25.5 Å². The highest BCUT2D eigenvalue weighted by Gasteiger charge is 2.10. The monoisotopic (exact) mass is 406 g/mol. The standard InChI is InChI=1S/C27H54N2/c1-3-5-7-9-11-12-13-14-15-16-18-20-22-24-29-26-25-28(27-29)23-21-19-17-10-8-6-4-2/h25-26H,3-24,27H2,1-2H3. The third-order valence-corrected chi connectivity index (χ3v) is 6.45. The van der Waals surface area contributed by atoms with E-state index in [9.17, 15) is 0 Å². The molecule has 1 aliphatic heterocycles. The largest absolute Gasteiger partial charge is 0.359 e. The van der Waals surface area contributed by atoms with Crippen molar-refractivity contribution in [2.24, 2.45) is 0 Å². The number of nitrogens with zero attached hydrogens (tertiary/aromatic N) is 2. The molecule has 1 aliphatic rings. The van der Waals surface area contributed by atoms with E-state index in [4.69, 9.17) is 0 Å². The normalized spacial score (nSPS) is 13.7. The van der Waals surface area contributed by atoms with Gasteiger partial charge in [0.2, 0.25) is 0 Å². The molecule has 0 aromatic heterocycles. The Morgan fingerprint density at radius 3 is 1.00 bits per heavy atom. The van der Waals surface area contributed by atoms with Gasteiger partial charge in [-0.2, -0.15) is 0 Å². The fraction of sp³-hybridized carbons (Fsp3) is 0.926. The molecular formula is C27H54N2. The predicted molar refractivity (Wildman–Crippen MR) is 131 cm³/mol. The fourth-order valence-corrected chi connectivity index (χ4v) is 4.41. The Labute approximate surface area is 184 Å². The van der Waals surface area contributed by atoms with Gasteiger partial charge < -0.3 is 9.80 Å². The molecule has 0 radical (unpaired) electrons. The summed E-state index contributed by atoms with van der Waals surface area (Å²) in [6, 6.07) is 0. The van der Waals surface area contributed by atoms with Gasteiger partial charge in [0.05, 0.1) is 6.67 Å². The highest BCUT2D eigenvalue weighted by Crippen LogP contribution is 2.14. The lowest BCUT2D eigenvalue weighted by atomic mass is 10.0. The van der Waals surface area contributed by atoms with Crippen molar-refractivity contribution in [2.45, 2.75) is 142 Å². The highest BCUT2D eigenvalue weighted by molar-refractivity contribution is 4.90. The maximum absolute atomic E-state index is 2.51. The molecule has 0 saturated heterocycles. The van der Waals surface area contributed by atoms with Gasteiger partial charge in [0.25, 0.3) is 0 Å². The maximum Gasteiger partial charge on any atom is 0.0893 e. The Balaban J connectivity index is 1.78. The van der Waals surface area contributed by atoms with E-state index < -0.39 is 0 Å². The molecule has 0 fully saturated rings. The average Bonchev–Trinajstić information content (AvgIpc) is 3.18. The molecule has 0 spiro atoms. The molecule has 1 rings (SSSR count). The fourth-order valence-electron chi connectivity index (χ4n) is 4.41. The van der Waals surface area contributed by atoms with Crippen LogP contribution in [0.4, 0.5) is 0 Å². The third kappa shape index (κ3) is 16.8. The number of hydrogen-bond acceptors (Lipinski definition) is 2. The third-order valence-electron chi connectivity index (χ3n) is 6.45. The highest BCUT2D eigenvalue weighted by atomic mass is 15.3. The van der Waals surface area contributed by atoms with Crippen LogP contribution in [-0.4, -0.2) is 29.6 Å². The van der Waals surface area contributed by atoms with Crippen LogP contribution in [0.5, 0.6) is 0 Å². The summed E-state index contributed by atoms with van der Waals surface area (Å²) in [5.74, 6) is 0. The first-order valence-electron chi connectivity index (χ1n) is 13.5. The van der Waals surface area contributed by atoms with Gasteiger partial charge in [-0.25, -0.2) is 0 Å². The van der Waals surface area contributed by atoms with Crippen LogP contribution in [0.15, 0.2) is 12.4 Å². The summed E-state index contributed by atoms with van der Waals surface area (Å²) in [5.41, 5.74) is 0. The Morgan fingerprint density at radius 1 is 0.414 bits per heavy atom. The van der Waals surface area contributed by atoms with E-state index in [1.54, 1.807) is 0 Å². The summed E-state index contributed by atoms with van der Waals surface area (Å²) in [6.45, 7) is 8.23. The van der Waals surface area contributed by atoms with Gasteiger partial charge >= 0.3 is 0 Å². The van der Waals surface area contributed by atoms with Crippen molar-refractivity contribution in [3.05, 3.63) is 12.4 Å². The van der Waals surface area contributed by atoms with Gasteiger partial charge in [0.15, 0.2) is 0 Å². The van der Waals surface area contributed by atoms with Crippen LogP contribution >= 0.6 is 0 Å². The second kappa shape index (κ2) is 20.6. The number of rotatable bonds is 22. The molecule has 0 saturated carbocycles. The van der Waals surface area contributed by atoms with Gasteiger partial charge in [-0.15, -0.1) is 0 Å². The lowest BCUT2D eigenvalue weighted by molar-refractivity contribution is 0.257. The average molecular weight is 407 g/mol. The summed E-state index contributed by atoms with van der Waals surface area (Å²) >= 11 is 0. The first-order chi connectivity index (χ1) is 14.4. The van der Waals surface area contributed by atoms with Gasteiger partial charge in [-0.05, 0) is 12.8 Å². The van der Waals surface area contributed by atoms with E-state index in [0.717, 1.165) is 6.67 Å². The van der Waals surface area contributed by atoms with Crippen molar-refractivity contribution in [3.63, 3.8) is 0 Å². The zero-order valence-corrected chi connectivity index (χ0v) is 20.3. The van der Waals surface area contributed by atoms with Crippen LogP contribution in [0, 0.1) is 0 Å². The first kappa shape index (κ1) is 26.4. The lowest BCUT2D eigenvalue weighted by Gasteiger charge is -2.21. The molecule has 172 valence electrons. The minimum Gasteiger partial charge on any atom is -0.359 e. The molecule has 2 nitrogen and oxygen atoms in total. The van der Waals surface area contributed by atoms with E-state index in [1.807, 2.05) is 0 Å². The van der Waals surface area contributed by atoms with Crippen LogP contribution in [0.25, 0.3) is 0 Å². The second-order valence-corrected chi connectivity index (χ2v) is 9.43. The zero-order chi connectivity index (χ0) is 20.8. The second-order valence-electron chi connectivity index (χ2n) is 9.43. The molecule has 0 aromatic rings. The van der Waals surface area contributed by atoms with E-state index in [-0.39, 0.29) is 0 Å². The maximum atomic E-state index is 2.51. The molecule has 2 heteroatoms. The Hall–Kier alpha value is -0.660. The van der Waals surface area contributed by atoms with Crippen molar-refractivity contribution in [3.8, 4) is 0 Å². The Bertz CT molecular complexity index is 352. The summed E-state index contributed by atoms with van der Waals surface area (Å²) < 4.78 is 0. The van der Waals surface area contributed by atoms with Crippen LogP contribution in [0.1, 0.15) is 142 Å². The topological polar surface area (TPSA) is 6.48 Å². The SMILES string of the molecule is CCCCCCCCCCCCCCCN1C=CN(CCCCCCCCC)C1. The molecule has 0 N–H and O–H groups in total. The van der Waals surface area contributed by atoms with E-state index in [1.165, 1.54) is 142 Å². The molecule has 0 atom stereocenters. The predicted octanol–water partition coefficient (Wildman–Crippen LogP) is 8.87. The molecular weight excluding hydrogens is 352 g/mol. The van der Waals surface area contributed by atoms with Crippen LogP contribution < -0.4 is 0 Å². The summed E-state index contributed by atoms with van der Waals surface area (Å²) in [6.07, 6.45) is 33.2. The quantitative estimate of drug-likeness (QED) is 0.166. The summed E-state index contributed by atoms with van der Waals surface area (Å²) in [5, 5.41) is 0. The zero-order valence-electron chi connectivity index (χ0n) is 20.3. The van der Waals surface area contributed by atoms with Gasteiger partial charge in [-0.3, -0.25) is 0 Å². The molecule has 0 aromatic carbocycles. The van der Waals surface area contributed by atoms with E-state index in [0.29, 0.717) is 0 Å². The minimum absolute atomic E-state index is 1.13. The Morgan fingerprint density at radius 2 is 0.690 bits per heavy atom. The molecule has 1 heterocycles. The van der Waals surface area contributed by atoms with E-state index in [2.05, 4.69) is 36.0 Å². The van der Waals surface area contributed by atoms with Crippen molar-refractivity contribution in [1.29, 1.82) is 0 Å². The van der Waals surface area contributed by atoms with Crippen LogP contribution in [0.3, 0.4) is 0 Å². The summed E-state index contributed by atoms with van der Waals surface area (Å²) in [7, 11) is 0. The van der Waals surface area contributed by atoms with Crippen molar-refractivity contribution < 1.29 is 0 Å². The van der Waals surface area contributed by atoms with Gasteiger partial charge in [0.1, 0.15) is 0 Å². The van der Waals surface area contributed by atoms with Gasteiger partial charge in [-0.1, -0.05) is 129 Å². The van der Waals surface area contributed by atoms with Crippen molar-refractivity contribution >= 4 is 0 Å². The Kier molecular flexibility index (Phi) is 18.7. The van der Waals surface area contributed by atoms with Crippen molar-refractivity contribution in [2.75, 3.05) is 19.8 Å². The van der Waals surface area contributed by atoms with Crippen LogP contribution in [-0.2, 0) is 0 Å². The minimum atomic E-state index is 1.13. The van der Waals surface area contributed by atoms with Crippen molar-refractivity contribution in [1.82, 2.24) is 9.80 Å². The van der Waals surface area contributed by atoms with E-state index >= 15 is 0 Å². The smallest absolute Gasteiger partial charge is 0.0893 e. The number of unbranched alkanes of at least 4 members (excludes halogenated alkanes) is 18. The number of hydrogen-bond donors (Lipinski definition) is 0.